The molecule has 1 unspecified atom stereocenters. The second-order valence-corrected chi connectivity index (χ2v) is 3.81. The van der Waals surface area contributed by atoms with Gasteiger partial charge >= 0.3 is 46.1 Å². The normalized spacial score (nSPS) is 9.95. The van der Waals surface area contributed by atoms with Crippen LogP contribution in [0.4, 0.5) is 0 Å². The molecule has 0 aliphatic heterocycles. The van der Waals surface area contributed by atoms with Crippen LogP contribution in [-0.4, -0.2) is 61.2 Å². The van der Waals surface area contributed by atoms with Gasteiger partial charge in [-0.25, -0.2) is 0 Å². The van der Waals surface area contributed by atoms with E-state index in [9.17, 15) is 15.3 Å². The van der Waals surface area contributed by atoms with Crippen molar-refractivity contribution in [3.63, 3.8) is 0 Å². The Labute approximate surface area is 158 Å². The smallest absolute Gasteiger partial charge is 1.00 e. The van der Waals surface area contributed by atoms with Gasteiger partial charge in [0.15, 0.2) is 0 Å². The summed E-state index contributed by atoms with van der Waals surface area (Å²) in [6.07, 6.45) is 0.0142. The van der Waals surface area contributed by atoms with Gasteiger partial charge < -0.3 is 40.1 Å². The predicted octanol–water partition coefficient (Wildman–Crippen LogP) is -6.99. The Bertz CT molecular complexity index is 476. The number of hydrogen-bond donors (Lipinski definition) is 1. The molecule has 0 bridgehead atoms. The third kappa shape index (κ3) is 6.17. The topological polar surface area (TPSA) is 92.1 Å². The van der Waals surface area contributed by atoms with Gasteiger partial charge in [0.25, 0.3) is 0 Å². The second-order valence-electron chi connectivity index (χ2n) is 2.83. The van der Waals surface area contributed by atoms with Gasteiger partial charge in [0.2, 0.25) is 0 Å². The zero-order valence-corrected chi connectivity index (χ0v) is 14.8. The Morgan fingerprint density at radius 3 is 2.32 bits per heavy atom. The molecule has 0 aliphatic rings. The summed E-state index contributed by atoms with van der Waals surface area (Å²) in [5, 5.41) is 33.5. The van der Waals surface area contributed by atoms with Crippen LogP contribution in [0.5, 0.6) is 11.9 Å². The van der Waals surface area contributed by atoms with E-state index in [0.717, 1.165) is 6.20 Å². The molecule has 0 spiro atoms. The number of hydrogen-bond acceptors (Lipinski definition) is 6. The minimum atomic E-state index is -1.06. The number of aromatic nitrogens is 2. The van der Waals surface area contributed by atoms with Gasteiger partial charge in [-0.2, -0.15) is 0 Å². The maximum absolute atomic E-state index is 11.3. The molecule has 1 atom stereocenters. The summed E-state index contributed by atoms with van der Waals surface area (Å²) in [6, 6.07) is 2.62. The molecule has 0 saturated carbocycles. The molecule has 10 heteroatoms. The largest absolute Gasteiger partial charge is 2.00 e. The van der Waals surface area contributed by atoms with Gasteiger partial charge in [0.1, 0.15) is 6.10 Å². The fourth-order valence-corrected chi connectivity index (χ4v) is 1.88. The van der Waals surface area contributed by atoms with Crippen LogP contribution in [-0.2, 0) is 0 Å². The Hall–Kier alpha value is 0.452. The summed E-state index contributed by atoms with van der Waals surface area (Å²) < 4.78 is 0. The van der Waals surface area contributed by atoms with E-state index in [1.807, 2.05) is 0 Å². The van der Waals surface area contributed by atoms with Crippen molar-refractivity contribution >= 4 is 57.4 Å². The summed E-state index contributed by atoms with van der Waals surface area (Å²) >= 11 is 1.32. The van der Waals surface area contributed by atoms with Gasteiger partial charge in [-0.1, -0.05) is 6.07 Å². The van der Waals surface area contributed by atoms with E-state index in [1.54, 1.807) is 17.5 Å². The molecule has 0 fully saturated rings. The minimum absolute atomic E-state index is 0. The van der Waals surface area contributed by atoms with Crippen LogP contribution >= 0.6 is 11.3 Å². The van der Waals surface area contributed by atoms with Crippen LogP contribution in [0.3, 0.4) is 0 Å². The molecule has 1 N–H and O–H groups in total. The van der Waals surface area contributed by atoms with Crippen molar-refractivity contribution in [2.24, 2.45) is 0 Å². The maximum Gasteiger partial charge on any atom is 2.00 e. The van der Waals surface area contributed by atoms with Crippen molar-refractivity contribution in [2.75, 3.05) is 0 Å². The van der Waals surface area contributed by atoms with Gasteiger partial charge in [-0.05, 0) is 17.3 Å². The fraction of sp³-hybridized carbons (Fsp3) is 0.111. The van der Waals surface area contributed by atoms with Crippen molar-refractivity contribution in [2.45, 2.75) is 6.10 Å². The van der Waals surface area contributed by atoms with Crippen LogP contribution in [0.25, 0.3) is 0 Å². The molecule has 0 amide bonds. The van der Waals surface area contributed by atoms with E-state index < -0.39 is 18.0 Å². The average Bonchev–Trinajstić information content (AvgIpc) is 2.69. The van der Waals surface area contributed by atoms with Gasteiger partial charge in [0, 0.05) is 16.6 Å². The number of thiophene rings is 1. The van der Waals surface area contributed by atoms with Gasteiger partial charge in [-0.15, -0.1) is 11.3 Å². The molecule has 2 heterocycles. The molecule has 0 saturated heterocycles. The van der Waals surface area contributed by atoms with E-state index in [2.05, 4.69) is 9.97 Å². The first-order valence-corrected chi connectivity index (χ1v) is 4.99. The van der Waals surface area contributed by atoms with Crippen LogP contribution in [0.1, 0.15) is 16.5 Å². The number of aliphatic hydroxyl groups excluding tert-OH is 1. The van der Waals surface area contributed by atoms with E-state index in [1.165, 1.54) is 11.3 Å². The maximum atomic E-state index is 11.3. The minimum Gasteiger partial charge on any atom is -1.00 e. The monoisotopic (exact) mass is 340 g/mol. The summed E-state index contributed by atoms with van der Waals surface area (Å²) in [6.45, 7) is 0. The molecular weight excluding hydrogens is 336 g/mol. The Kier molecular flexibility index (Phi) is 14.4. The molecule has 0 radical (unpaired) electrons. The van der Waals surface area contributed by atoms with E-state index >= 15 is 0 Å². The first-order valence-electron chi connectivity index (χ1n) is 4.11. The van der Waals surface area contributed by atoms with E-state index in [0.29, 0.717) is 4.88 Å². The molecule has 0 aromatic carbocycles. The molecular formula is C9H6Cl2Mg2N2O3S. The molecule has 0 aliphatic carbocycles. The van der Waals surface area contributed by atoms with Crippen molar-refractivity contribution < 1.29 is 40.1 Å². The van der Waals surface area contributed by atoms with Crippen molar-refractivity contribution in [1.29, 1.82) is 0 Å². The van der Waals surface area contributed by atoms with Crippen molar-refractivity contribution in [3.05, 3.63) is 34.2 Å². The Morgan fingerprint density at radius 2 is 1.84 bits per heavy atom. The number of halogens is 2. The third-order valence-electron chi connectivity index (χ3n) is 1.87. The fourth-order valence-electron chi connectivity index (χ4n) is 1.15. The summed E-state index contributed by atoms with van der Waals surface area (Å²) in [5.74, 6) is -0.726. The van der Waals surface area contributed by atoms with Crippen LogP contribution in [0, 0.1) is 0 Å². The molecule has 2 rings (SSSR count). The first kappa shape index (κ1) is 24.5. The predicted molar refractivity (Wildman–Crippen MR) is 60.8 cm³/mol. The zero-order valence-electron chi connectivity index (χ0n) is 9.62. The van der Waals surface area contributed by atoms with Crippen LogP contribution in [0.15, 0.2) is 23.7 Å². The molecule has 19 heavy (non-hydrogen) atoms. The second kappa shape index (κ2) is 11.1. The Morgan fingerprint density at radius 1 is 1.21 bits per heavy atom. The number of aliphatic hydroxyl groups is 1. The van der Waals surface area contributed by atoms with Crippen molar-refractivity contribution in [3.8, 4) is 11.9 Å². The standard InChI is InChI=1S/C9H8N2O3S.2ClH.2Mg/c12-7(6-2-1-3-15-6)5-4-10-9(14)11-8(5)13;;;;/h1-4,7,12H,(H2,10,11,13,14);2*1H;;/q;;;2*+2/p-4. The number of nitrogens with zero attached hydrogens (tertiary/aromatic N) is 2. The zero-order chi connectivity index (χ0) is 10.8. The quantitative estimate of drug-likeness (QED) is 0.548. The number of rotatable bonds is 2. The average molecular weight is 342 g/mol. The third-order valence-corrected chi connectivity index (χ3v) is 2.79. The Balaban J connectivity index is -0.000000640. The van der Waals surface area contributed by atoms with Crippen molar-refractivity contribution in [1.82, 2.24) is 9.97 Å². The SMILES string of the molecule is [Cl-].[Cl-].[Mg+2].[Mg+2].[O-]c1ncc(C(O)c2cccs2)c([O-])n1. The molecule has 2 aromatic rings. The molecule has 5 nitrogen and oxygen atoms in total. The van der Waals surface area contributed by atoms with E-state index in [-0.39, 0.29) is 76.5 Å². The van der Waals surface area contributed by atoms with Crippen LogP contribution in [0.2, 0.25) is 0 Å². The van der Waals surface area contributed by atoms with Gasteiger partial charge in [-0.3, -0.25) is 9.97 Å². The summed E-state index contributed by atoms with van der Waals surface area (Å²) in [5.41, 5.74) is 0.0250. The van der Waals surface area contributed by atoms with Crippen LogP contribution < -0.4 is 35.0 Å². The summed E-state index contributed by atoms with van der Waals surface area (Å²) in [4.78, 5) is 7.10. The molecule has 94 valence electrons. The first-order chi connectivity index (χ1) is 7.18. The van der Waals surface area contributed by atoms with Gasteiger partial charge in [0.05, 0.1) is 6.01 Å². The van der Waals surface area contributed by atoms with E-state index in [4.69, 9.17) is 0 Å². The summed E-state index contributed by atoms with van der Waals surface area (Å²) in [7, 11) is 0. The molecule has 2 aromatic heterocycles.